The second kappa shape index (κ2) is 9.03. The van der Waals surface area contributed by atoms with Crippen LogP contribution in [0.5, 0.6) is 11.5 Å². The van der Waals surface area contributed by atoms with E-state index in [4.69, 9.17) is 19.9 Å². The highest BCUT2D eigenvalue weighted by Crippen LogP contribution is 2.28. The highest BCUT2D eigenvalue weighted by Gasteiger charge is 2.05. The minimum atomic E-state index is 0.341. The zero-order valence-electron chi connectivity index (χ0n) is 12.3. The Balaban J connectivity index is 2.59. The van der Waals surface area contributed by atoms with Gasteiger partial charge in [-0.15, -0.1) is 0 Å². The van der Waals surface area contributed by atoms with Crippen molar-refractivity contribution in [2.45, 2.75) is 13.3 Å². The van der Waals surface area contributed by atoms with E-state index in [1.807, 2.05) is 19.1 Å². The van der Waals surface area contributed by atoms with Gasteiger partial charge >= 0.3 is 0 Å². The molecule has 0 saturated carbocycles. The van der Waals surface area contributed by atoms with Crippen molar-refractivity contribution in [2.75, 3.05) is 39.3 Å². The number of nitrogens with two attached hydrogens (primary N) is 1. The predicted molar refractivity (Wildman–Crippen MR) is 80.8 cm³/mol. The molecule has 0 unspecified atom stereocenters. The van der Waals surface area contributed by atoms with E-state index in [9.17, 15) is 0 Å². The van der Waals surface area contributed by atoms with E-state index in [1.165, 1.54) is 0 Å². The first-order valence-corrected chi connectivity index (χ1v) is 6.58. The van der Waals surface area contributed by atoms with E-state index in [1.54, 1.807) is 20.3 Å². The van der Waals surface area contributed by atoms with E-state index in [0.29, 0.717) is 24.9 Å². The molecule has 0 amide bonds. The number of benzene rings is 1. The average Bonchev–Trinajstić information content (AvgIpc) is 2.47. The molecule has 0 heterocycles. The summed E-state index contributed by atoms with van der Waals surface area (Å²) in [6, 6.07) is 5.43. The van der Waals surface area contributed by atoms with Crippen molar-refractivity contribution in [1.29, 1.82) is 0 Å². The van der Waals surface area contributed by atoms with Gasteiger partial charge in [0.15, 0.2) is 5.96 Å². The fourth-order valence-electron chi connectivity index (χ4n) is 1.60. The normalized spacial score (nSPS) is 11.2. The zero-order chi connectivity index (χ0) is 14.8. The summed E-state index contributed by atoms with van der Waals surface area (Å²) in [6.07, 6.45) is 0.839. The van der Waals surface area contributed by atoms with E-state index in [-0.39, 0.29) is 0 Å². The molecule has 20 heavy (non-hydrogen) atoms. The van der Waals surface area contributed by atoms with E-state index in [0.717, 1.165) is 24.5 Å². The molecule has 0 radical (unpaired) electrons. The monoisotopic (exact) mass is 281 g/mol. The fourth-order valence-corrected chi connectivity index (χ4v) is 1.60. The van der Waals surface area contributed by atoms with Crippen molar-refractivity contribution in [1.82, 2.24) is 0 Å². The van der Waals surface area contributed by atoms with Gasteiger partial charge in [-0.25, -0.2) is 0 Å². The lowest BCUT2D eigenvalue weighted by molar-refractivity contribution is 0.146. The molecule has 3 N–H and O–H groups in total. The Morgan fingerprint density at radius 1 is 1.30 bits per heavy atom. The van der Waals surface area contributed by atoms with Gasteiger partial charge in [0, 0.05) is 25.8 Å². The Morgan fingerprint density at radius 3 is 2.75 bits per heavy atom. The van der Waals surface area contributed by atoms with E-state index < -0.39 is 0 Å². The third-order valence-corrected chi connectivity index (χ3v) is 2.60. The molecule has 0 atom stereocenters. The lowest BCUT2D eigenvalue weighted by atomic mass is 10.2. The van der Waals surface area contributed by atoms with Crippen LogP contribution in [0.15, 0.2) is 23.2 Å². The minimum absolute atomic E-state index is 0.341. The summed E-state index contributed by atoms with van der Waals surface area (Å²) in [5, 5.41) is 3.01. The van der Waals surface area contributed by atoms with Crippen molar-refractivity contribution >= 4 is 11.6 Å². The molecule has 0 aliphatic carbocycles. The Labute approximate surface area is 119 Å². The number of rotatable bonds is 8. The molecule has 6 nitrogen and oxygen atoms in total. The molecule has 1 aromatic rings. The van der Waals surface area contributed by atoms with E-state index in [2.05, 4.69) is 10.3 Å². The summed E-state index contributed by atoms with van der Waals surface area (Å²) in [5.41, 5.74) is 6.56. The maximum absolute atomic E-state index is 5.84. The number of nitrogens with zero attached hydrogens (tertiary/aromatic N) is 1. The van der Waals surface area contributed by atoms with Crippen LogP contribution >= 0.6 is 0 Å². The van der Waals surface area contributed by atoms with Crippen molar-refractivity contribution in [3.05, 3.63) is 18.2 Å². The van der Waals surface area contributed by atoms with Gasteiger partial charge in [0.2, 0.25) is 0 Å². The molecule has 0 saturated heterocycles. The van der Waals surface area contributed by atoms with Gasteiger partial charge in [-0.3, -0.25) is 4.99 Å². The van der Waals surface area contributed by atoms with Crippen LogP contribution in [0.1, 0.15) is 13.3 Å². The standard InChI is InChI=1S/C14H23N3O3/c1-4-20-9-5-8-16-14(15)17-12-10-11(18-2)6-7-13(12)19-3/h6-7,10H,4-5,8-9H2,1-3H3,(H3,15,16,17). The molecule has 0 aliphatic rings. The molecule has 1 aromatic carbocycles. The summed E-state index contributed by atoms with van der Waals surface area (Å²) >= 11 is 0. The highest BCUT2D eigenvalue weighted by atomic mass is 16.5. The van der Waals surface area contributed by atoms with Crippen molar-refractivity contribution in [3.63, 3.8) is 0 Å². The third-order valence-electron chi connectivity index (χ3n) is 2.60. The summed E-state index contributed by atoms with van der Waals surface area (Å²) < 4.78 is 15.7. The SMILES string of the molecule is CCOCCCN=C(N)Nc1cc(OC)ccc1OC. The number of guanidine groups is 1. The number of nitrogens with one attached hydrogen (secondary N) is 1. The molecule has 0 spiro atoms. The molecule has 0 bridgehead atoms. The molecule has 112 valence electrons. The number of methoxy groups -OCH3 is 2. The first-order valence-electron chi connectivity index (χ1n) is 6.58. The third kappa shape index (κ3) is 5.36. The first-order chi connectivity index (χ1) is 9.71. The van der Waals surface area contributed by atoms with Crippen molar-refractivity contribution < 1.29 is 14.2 Å². The molecular formula is C14H23N3O3. The van der Waals surface area contributed by atoms with Crippen LogP contribution in [0.25, 0.3) is 0 Å². The predicted octanol–water partition coefficient (Wildman–Crippen LogP) is 1.86. The second-order valence-electron chi connectivity index (χ2n) is 4.01. The number of hydrogen-bond donors (Lipinski definition) is 2. The molecule has 0 fully saturated rings. The van der Waals surface area contributed by atoms with Gasteiger partial charge < -0.3 is 25.3 Å². The lowest BCUT2D eigenvalue weighted by Crippen LogP contribution is -2.23. The average molecular weight is 281 g/mol. The number of ether oxygens (including phenoxy) is 3. The largest absolute Gasteiger partial charge is 0.497 e. The van der Waals surface area contributed by atoms with Gasteiger partial charge in [-0.05, 0) is 25.5 Å². The maximum Gasteiger partial charge on any atom is 0.193 e. The Morgan fingerprint density at radius 2 is 2.10 bits per heavy atom. The van der Waals surface area contributed by atoms with Crippen LogP contribution < -0.4 is 20.5 Å². The van der Waals surface area contributed by atoms with Crippen LogP contribution in [0.4, 0.5) is 5.69 Å². The maximum atomic E-state index is 5.84. The van der Waals surface area contributed by atoms with Crippen LogP contribution in [0.2, 0.25) is 0 Å². The van der Waals surface area contributed by atoms with Crippen LogP contribution in [-0.4, -0.2) is 39.9 Å². The first kappa shape index (κ1) is 16.1. The van der Waals surface area contributed by atoms with Gasteiger partial charge in [-0.1, -0.05) is 0 Å². The lowest BCUT2D eigenvalue weighted by Gasteiger charge is -2.12. The molecule has 6 heteroatoms. The number of hydrogen-bond acceptors (Lipinski definition) is 4. The smallest absolute Gasteiger partial charge is 0.193 e. The summed E-state index contributed by atoms with van der Waals surface area (Å²) in [7, 11) is 3.21. The summed E-state index contributed by atoms with van der Waals surface area (Å²) in [5.74, 6) is 1.74. The summed E-state index contributed by atoms with van der Waals surface area (Å²) in [4.78, 5) is 4.23. The van der Waals surface area contributed by atoms with Gasteiger partial charge in [0.05, 0.1) is 19.9 Å². The number of anilines is 1. The van der Waals surface area contributed by atoms with Crippen LogP contribution in [0.3, 0.4) is 0 Å². The molecule has 0 aliphatic heterocycles. The Kier molecular flexibility index (Phi) is 7.27. The molecule has 0 aromatic heterocycles. The van der Waals surface area contributed by atoms with Crippen LogP contribution in [-0.2, 0) is 4.74 Å². The summed E-state index contributed by atoms with van der Waals surface area (Å²) in [6.45, 7) is 3.99. The van der Waals surface area contributed by atoms with Crippen molar-refractivity contribution in [3.8, 4) is 11.5 Å². The quantitative estimate of drug-likeness (QED) is 0.432. The topological polar surface area (TPSA) is 78.1 Å². The minimum Gasteiger partial charge on any atom is -0.497 e. The highest BCUT2D eigenvalue weighted by molar-refractivity contribution is 5.93. The van der Waals surface area contributed by atoms with Gasteiger partial charge in [0.25, 0.3) is 0 Å². The Hall–Kier alpha value is -1.95. The fraction of sp³-hybridized carbons (Fsp3) is 0.500. The van der Waals surface area contributed by atoms with Gasteiger partial charge in [-0.2, -0.15) is 0 Å². The number of aliphatic imine (C=N–C) groups is 1. The Bertz CT molecular complexity index is 436. The van der Waals surface area contributed by atoms with Crippen LogP contribution in [0, 0.1) is 0 Å². The van der Waals surface area contributed by atoms with Gasteiger partial charge in [0.1, 0.15) is 11.5 Å². The van der Waals surface area contributed by atoms with Crippen molar-refractivity contribution in [2.24, 2.45) is 10.7 Å². The molecular weight excluding hydrogens is 258 g/mol. The zero-order valence-corrected chi connectivity index (χ0v) is 12.3. The second-order valence-corrected chi connectivity index (χ2v) is 4.01. The molecule has 1 rings (SSSR count). The van der Waals surface area contributed by atoms with E-state index >= 15 is 0 Å².